The van der Waals surface area contributed by atoms with Gasteiger partial charge in [0.25, 0.3) is 0 Å². The molecule has 0 aromatic rings. The van der Waals surface area contributed by atoms with Gasteiger partial charge in [0.15, 0.2) is 0 Å². The zero-order valence-electron chi connectivity index (χ0n) is 6.78. The summed E-state index contributed by atoms with van der Waals surface area (Å²) in [7, 11) is 0. The predicted molar refractivity (Wildman–Crippen MR) is 40.6 cm³/mol. The molecule has 12 heavy (non-hydrogen) atoms. The summed E-state index contributed by atoms with van der Waals surface area (Å²) >= 11 is 0. The number of carboxylic acids is 1. The number of carbonyl (C=O) groups excluding carboxylic acids is 1. The third-order valence-corrected chi connectivity index (χ3v) is 1.89. The molecule has 1 N–H and O–H groups in total. The number of carboxylic acid groups (broad SMARTS) is 1. The quantitative estimate of drug-likeness (QED) is 0.641. The van der Waals surface area contributed by atoms with Crippen LogP contribution in [0.3, 0.4) is 0 Å². The number of rotatable bonds is 4. The largest absolute Gasteiger partial charge is 0.481 e. The predicted octanol–water partition coefficient (Wildman–Crippen LogP) is 0.947. The standard InChI is InChI=1S/C8H12O4/c9-7(10)3-1-2-6-4-5-8(11)12-6/h6H,1-5H2,(H,9,10). The van der Waals surface area contributed by atoms with E-state index in [2.05, 4.69) is 0 Å². The Morgan fingerprint density at radius 3 is 2.92 bits per heavy atom. The molecule has 1 saturated heterocycles. The molecule has 1 heterocycles. The lowest BCUT2D eigenvalue weighted by atomic mass is 10.1. The van der Waals surface area contributed by atoms with Gasteiger partial charge in [-0.3, -0.25) is 9.59 Å². The van der Waals surface area contributed by atoms with Crippen molar-refractivity contribution in [1.82, 2.24) is 0 Å². The van der Waals surface area contributed by atoms with Crippen LogP contribution < -0.4 is 0 Å². The van der Waals surface area contributed by atoms with Gasteiger partial charge < -0.3 is 9.84 Å². The Morgan fingerprint density at radius 1 is 1.67 bits per heavy atom. The molecule has 1 aliphatic heterocycles. The van der Waals surface area contributed by atoms with E-state index in [0.717, 1.165) is 6.42 Å². The van der Waals surface area contributed by atoms with E-state index >= 15 is 0 Å². The Kier molecular flexibility index (Phi) is 3.08. The maximum absolute atomic E-state index is 10.6. The molecule has 0 aromatic heterocycles. The highest BCUT2D eigenvalue weighted by atomic mass is 16.5. The Morgan fingerprint density at radius 2 is 2.42 bits per heavy atom. The molecule has 1 rings (SSSR count). The van der Waals surface area contributed by atoms with Crippen molar-refractivity contribution < 1.29 is 19.4 Å². The summed E-state index contributed by atoms with van der Waals surface area (Å²) in [6, 6.07) is 0. The molecule has 0 aliphatic carbocycles. The molecule has 0 radical (unpaired) electrons. The third-order valence-electron chi connectivity index (χ3n) is 1.89. The van der Waals surface area contributed by atoms with Gasteiger partial charge in [-0.05, 0) is 19.3 Å². The first kappa shape index (κ1) is 9.03. The number of cyclic esters (lactones) is 1. The summed E-state index contributed by atoms with van der Waals surface area (Å²) in [6.07, 6.45) is 2.63. The van der Waals surface area contributed by atoms with Crippen LogP contribution in [0.5, 0.6) is 0 Å². The van der Waals surface area contributed by atoms with Gasteiger partial charge in [-0.1, -0.05) is 0 Å². The van der Waals surface area contributed by atoms with Crippen LogP contribution in [0, 0.1) is 0 Å². The molecule has 68 valence electrons. The molecule has 0 aromatic carbocycles. The SMILES string of the molecule is O=C(O)CCCC1CCC(=O)O1. The van der Waals surface area contributed by atoms with Gasteiger partial charge in [0, 0.05) is 12.8 Å². The summed E-state index contributed by atoms with van der Waals surface area (Å²) in [5.41, 5.74) is 0. The maximum Gasteiger partial charge on any atom is 0.306 e. The van der Waals surface area contributed by atoms with Gasteiger partial charge in [-0.2, -0.15) is 0 Å². The van der Waals surface area contributed by atoms with Gasteiger partial charge in [0.1, 0.15) is 6.10 Å². The Balaban J connectivity index is 2.08. The lowest BCUT2D eigenvalue weighted by Crippen LogP contribution is -2.07. The minimum absolute atomic E-state index is 0.0307. The van der Waals surface area contributed by atoms with Gasteiger partial charge >= 0.3 is 11.9 Å². The van der Waals surface area contributed by atoms with Gasteiger partial charge in [0.05, 0.1) is 0 Å². The molecule has 0 saturated carbocycles. The molecular weight excluding hydrogens is 160 g/mol. The van der Waals surface area contributed by atoms with Crippen LogP contribution in [0.15, 0.2) is 0 Å². The normalized spacial score (nSPS) is 22.3. The Hall–Kier alpha value is -1.06. The minimum atomic E-state index is -0.792. The monoisotopic (exact) mass is 172 g/mol. The topological polar surface area (TPSA) is 63.6 Å². The van der Waals surface area contributed by atoms with Crippen LogP contribution in [0.4, 0.5) is 0 Å². The van der Waals surface area contributed by atoms with E-state index in [-0.39, 0.29) is 18.5 Å². The fourth-order valence-corrected chi connectivity index (χ4v) is 1.27. The van der Waals surface area contributed by atoms with E-state index < -0.39 is 5.97 Å². The number of hydrogen-bond donors (Lipinski definition) is 1. The summed E-state index contributed by atoms with van der Waals surface area (Å²) in [4.78, 5) is 20.7. The molecule has 4 nitrogen and oxygen atoms in total. The number of aliphatic carboxylic acids is 1. The first-order valence-corrected chi connectivity index (χ1v) is 4.10. The van der Waals surface area contributed by atoms with Crippen LogP contribution in [-0.2, 0) is 14.3 Å². The van der Waals surface area contributed by atoms with Gasteiger partial charge in [-0.25, -0.2) is 0 Å². The van der Waals surface area contributed by atoms with Crippen molar-refractivity contribution in [2.45, 2.75) is 38.2 Å². The summed E-state index contributed by atoms with van der Waals surface area (Å²) < 4.78 is 4.91. The van der Waals surface area contributed by atoms with Crippen molar-refractivity contribution in [3.05, 3.63) is 0 Å². The average Bonchev–Trinajstić information content (AvgIpc) is 2.35. The molecular formula is C8H12O4. The van der Waals surface area contributed by atoms with Crippen LogP contribution in [0.25, 0.3) is 0 Å². The van der Waals surface area contributed by atoms with Crippen LogP contribution >= 0.6 is 0 Å². The van der Waals surface area contributed by atoms with Crippen molar-refractivity contribution in [2.75, 3.05) is 0 Å². The molecule has 0 bridgehead atoms. The van der Waals surface area contributed by atoms with Crippen molar-refractivity contribution in [2.24, 2.45) is 0 Å². The summed E-state index contributed by atoms with van der Waals surface area (Å²) in [5, 5.41) is 8.33. The molecule has 1 aliphatic rings. The molecule has 1 unspecified atom stereocenters. The van der Waals surface area contributed by atoms with E-state index in [1.165, 1.54) is 0 Å². The molecule has 1 fully saturated rings. The van der Waals surface area contributed by atoms with E-state index in [1.807, 2.05) is 0 Å². The first-order chi connectivity index (χ1) is 5.68. The van der Waals surface area contributed by atoms with Crippen LogP contribution in [-0.4, -0.2) is 23.1 Å². The Bertz CT molecular complexity index is 187. The second-order valence-electron chi connectivity index (χ2n) is 2.94. The highest BCUT2D eigenvalue weighted by molar-refractivity contribution is 5.71. The second kappa shape index (κ2) is 4.09. The lowest BCUT2D eigenvalue weighted by molar-refractivity contribution is -0.141. The van der Waals surface area contributed by atoms with Crippen molar-refractivity contribution >= 4 is 11.9 Å². The second-order valence-corrected chi connectivity index (χ2v) is 2.94. The summed E-state index contributed by atoms with van der Waals surface area (Å²) in [5.74, 6) is -0.949. The van der Waals surface area contributed by atoms with Crippen molar-refractivity contribution in [1.29, 1.82) is 0 Å². The molecule has 1 atom stereocenters. The highest BCUT2D eigenvalue weighted by Crippen LogP contribution is 2.18. The maximum atomic E-state index is 10.6. The molecule has 0 amide bonds. The smallest absolute Gasteiger partial charge is 0.306 e. The van der Waals surface area contributed by atoms with Gasteiger partial charge in [0.2, 0.25) is 0 Å². The number of ether oxygens (including phenoxy) is 1. The highest BCUT2D eigenvalue weighted by Gasteiger charge is 2.22. The first-order valence-electron chi connectivity index (χ1n) is 4.10. The van der Waals surface area contributed by atoms with E-state index in [9.17, 15) is 9.59 Å². The zero-order chi connectivity index (χ0) is 8.97. The number of hydrogen-bond acceptors (Lipinski definition) is 3. The van der Waals surface area contributed by atoms with Crippen molar-refractivity contribution in [3.63, 3.8) is 0 Å². The van der Waals surface area contributed by atoms with Crippen molar-refractivity contribution in [3.8, 4) is 0 Å². The molecule has 0 spiro atoms. The van der Waals surface area contributed by atoms with Gasteiger partial charge in [-0.15, -0.1) is 0 Å². The van der Waals surface area contributed by atoms with Crippen LogP contribution in [0.2, 0.25) is 0 Å². The zero-order valence-corrected chi connectivity index (χ0v) is 6.78. The average molecular weight is 172 g/mol. The fourth-order valence-electron chi connectivity index (χ4n) is 1.27. The fraction of sp³-hybridized carbons (Fsp3) is 0.750. The van der Waals surface area contributed by atoms with E-state index in [0.29, 0.717) is 19.3 Å². The van der Waals surface area contributed by atoms with E-state index in [4.69, 9.17) is 9.84 Å². The number of esters is 1. The Labute approximate surface area is 70.5 Å². The lowest BCUT2D eigenvalue weighted by Gasteiger charge is -2.06. The molecule has 4 heteroatoms. The third kappa shape index (κ3) is 2.90. The van der Waals surface area contributed by atoms with Crippen LogP contribution in [0.1, 0.15) is 32.1 Å². The van der Waals surface area contributed by atoms with E-state index in [1.54, 1.807) is 0 Å². The minimum Gasteiger partial charge on any atom is -0.481 e. The number of carbonyl (C=O) groups is 2. The summed E-state index contributed by atoms with van der Waals surface area (Å²) in [6.45, 7) is 0.